The molecular formula is C21H22F3N3O4. The van der Waals surface area contributed by atoms with Crippen molar-refractivity contribution < 1.29 is 32.6 Å². The number of halogens is 3. The number of allylic oxidation sites excluding steroid dienone is 1. The van der Waals surface area contributed by atoms with Crippen molar-refractivity contribution in [2.75, 3.05) is 13.7 Å². The Bertz CT molecular complexity index is 987. The number of hydrogen-bond donors (Lipinski definition) is 2. The fourth-order valence-corrected chi connectivity index (χ4v) is 4.48. The van der Waals surface area contributed by atoms with Crippen LogP contribution in [0, 0.1) is 17.5 Å². The topological polar surface area (TPSA) is 82.1 Å². The highest BCUT2D eigenvalue weighted by atomic mass is 19.1. The molecule has 2 saturated heterocycles. The van der Waals surface area contributed by atoms with E-state index in [1.807, 2.05) is 6.92 Å². The number of carbonyl (C=O) groups excluding carboxylic acids is 2. The van der Waals surface area contributed by atoms with Gasteiger partial charge in [0.25, 0.3) is 5.91 Å². The Morgan fingerprint density at radius 1 is 1.29 bits per heavy atom. The molecule has 4 rings (SSSR count). The van der Waals surface area contributed by atoms with Gasteiger partial charge in [0.05, 0.1) is 18.2 Å². The summed E-state index contributed by atoms with van der Waals surface area (Å²) >= 11 is 0. The normalized spacial score (nSPS) is 25.8. The third-order valence-electron chi connectivity index (χ3n) is 6.00. The van der Waals surface area contributed by atoms with E-state index in [0.717, 1.165) is 0 Å². The average Bonchev–Trinajstić information content (AvgIpc) is 2.70. The lowest BCUT2D eigenvalue weighted by atomic mass is 9.89. The van der Waals surface area contributed by atoms with Gasteiger partial charge in [0.2, 0.25) is 5.91 Å². The molecule has 7 nitrogen and oxygen atoms in total. The van der Waals surface area contributed by atoms with Crippen molar-refractivity contribution in [2.24, 2.45) is 0 Å². The molecule has 2 amide bonds. The zero-order valence-corrected chi connectivity index (χ0v) is 17.0. The van der Waals surface area contributed by atoms with Crippen molar-refractivity contribution in [1.29, 1.82) is 0 Å². The second-order valence-corrected chi connectivity index (χ2v) is 7.90. The molecule has 0 saturated carbocycles. The summed E-state index contributed by atoms with van der Waals surface area (Å²) in [6, 6.07) is 0.610. The summed E-state index contributed by atoms with van der Waals surface area (Å²) in [5, 5.41) is 12.9. The van der Waals surface area contributed by atoms with Crippen molar-refractivity contribution in [3.05, 3.63) is 58.4 Å². The van der Waals surface area contributed by atoms with Gasteiger partial charge in [0.1, 0.15) is 28.9 Å². The first-order valence-corrected chi connectivity index (χ1v) is 9.90. The van der Waals surface area contributed by atoms with Gasteiger partial charge < -0.3 is 25.0 Å². The Morgan fingerprint density at radius 3 is 2.65 bits per heavy atom. The molecule has 0 aromatic heterocycles. The Hall–Kier alpha value is -3.01. The standard InChI is InChI=1S/C21H22F3N3O4/c1-10-18-16(3-4-31-10)27-9-11(5-17(28)19(27)21(30)26(18)2)20(29)25-8-13-14(23)6-12(22)7-15(13)24/h6-7,9-10,16,18,28H,3-5,8H2,1-2H3,(H,25,29)/t10-,16?,18?/m0/s1. The number of nitrogens with zero attached hydrogens (tertiary/aromatic N) is 2. The molecule has 166 valence electrons. The molecule has 1 aromatic carbocycles. The largest absolute Gasteiger partial charge is 0.510 e. The smallest absolute Gasteiger partial charge is 0.274 e. The quantitative estimate of drug-likeness (QED) is 0.757. The van der Waals surface area contributed by atoms with Crippen LogP contribution >= 0.6 is 0 Å². The first-order valence-electron chi connectivity index (χ1n) is 9.90. The molecule has 31 heavy (non-hydrogen) atoms. The summed E-state index contributed by atoms with van der Waals surface area (Å²) in [6.45, 7) is 1.83. The summed E-state index contributed by atoms with van der Waals surface area (Å²) in [5.41, 5.74) is -0.218. The van der Waals surface area contributed by atoms with Gasteiger partial charge in [0, 0.05) is 56.1 Å². The fraction of sp³-hybridized carbons (Fsp3) is 0.429. The highest BCUT2D eigenvalue weighted by molar-refractivity contribution is 5.98. The molecule has 1 aromatic rings. The van der Waals surface area contributed by atoms with E-state index < -0.39 is 35.5 Å². The van der Waals surface area contributed by atoms with Crippen LogP contribution in [0.2, 0.25) is 0 Å². The van der Waals surface area contributed by atoms with E-state index in [9.17, 15) is 27.9 Å². The van der Waals surface area contributed by atoms with Crippen LogP contribution in [0.15, 0.2) is 35.4 Å². The molecule has 2 fully saturated rings. The molecule has 3 aliphatic heterocycles. The maximum Gasteiger partial charge on any atom is 0.274 e. The number of nitrogens with one attached hydrogen (secondary N) is 1. The molecule has 0 radical (unpaired) electrons. The molecule has 2 unspecified atom stereocenters. The van der Waals surface area contributed by atoms with Crippen molar-refractivity contribution in [3.8, 4) is 0 Å². The number of aliphatic hydroxyl groups is 1. The minimum absolute atomic E-state index is 0.116. The highest BCUT2D eigenvalue weighted by Crippen LogP contribution is 2.37. The monoisotopic (exact) mass is 437 g/mol. The predicted molar refractivity (Wildman–Crippen MR) is 103 cm³/mol. The van der Waals surface area contributed by atoms with Crippen LogP contribution in [-0.4, -0.2) is 58.6 Å². The van der Waals surface area contributed by atoms with Gasteiger partial charge in [-0.15, -0.1) is 0 Å². The minimum atomic E-state index is -1.11. The first-order chi connectivity index (χ1) is 14.7. The number of aliphatic hydroxyl groups excluding tert-OH is 1. The predicted octanol–water partition coefficient (Wildman–Crippen LogP) is 2.10. The molecule has 0 aliphatic carbocycles. The Morgan fingerprint density at radius 2 is 1.97 bits per heavy atom. The van der Waals surface area contributed by atoms with E-state index in [0.29, 0.717) is 25.2 Å². The van der Waals surface area contributed by atoms with Crippen LogP contribution in [0.25, 0.3) is 0 Å². The summed E-state index contributed by atoms with van der Waals surface area (Å²) < 4.78 is 46.4. The molecule has 10 heteroatoms. The van der Waals surface area contributed by atoms with E-state index >= 15 is 0 Å². The van der Waals surface area contributed by atoms with Crippen molar-refractivity contribution >= 4 is 11.8 Å². The van der Waals surface area contributed by atoms with Crippen LogP contribution in [0.5, 0.6) is 0 Å². The minimum Gasteiger partial charge on any atom is -0.510 e. The molecule has 3 atom stereocenters. The van der Waals surface area contributed by atoms with Gasteiger partial charge in [-0.2, -0.15) is 0 Å². The van der Waals surface area contributed by atoms with Gasteiger partial charge in [-0.25, -0.2) is 13.2 Å². The van der Waals surface area contributed by atoms with Gasteiger partial charge in [0.15, 0.2) is 0 Å². The van der Waals surface area contributed by atoms with Crippen LogP contribution in [0.4, 0.5) is 13.2 Å². The summed E-state index contributed by atoms with van der Waals surface area (Å²) in [6.07, 6.45) is 1.66. The number of benzene rings is 1. The molecule has 3 aliphatic rings. The molecule has 3 heterocycles. The number of carbonyl (C=O) groups is 2. The number of ether oxygens (including phenoxy) is 1. The zero-order valence-electron chi connectivity index (χ0n) is 17.0. The third-order valence-corrected chi connectivity index (χ3v) is 6.00. The number of fused-ring (bicyclic) bond motifs is 3. The zero-order chi connectivity index (χ0) is 22.4. The second kappa shape index (κ2) is 7.92. The van der Waals surface area contributed by atoms with Gasteiger partial charge in [-0.1, -0.05) is 0 Å². The molecule has 2 N–H and O–H groups in total. The number of amides is 2. The van der Waals surface area contributed by atoms with E-state index in [1.165, 1.54) is 6.20 Å². The first kappa shape index (κ1) is 21.2. The Kier molecular flexibility index (Phi) is 5.42. The van der Waals surface area contributed by atoms with Crippen molar-refractivity contribution in [1.82, 2.24) is 15.1 Å². The second-order valence-electron chi connectivity index (χ2n) is 7.90. The van der Waals surface area contributed by atoms with E-state index in [1.54, 1.807) is 16.8 Å². The number of hydrogen-bond acceptors (Lipinski definition) is 5. The van der Waals surface area contributed by atoms with Crippen LogP contribution in [0.1, 0.15) is 25.3 Å². The Labute approximate surface area is 176 Å². The maximum absolute atomic E-state index is 13.8. The van der Waals surface area contributed by atoms with Crippen LogP contribution in [0.3, 0.4) is 0 Å². The van der Waals surface area contributed by atoms with Crippen LogP contribution in [-0.2, 0) is 20.9 Å². The summed E-state index contributed by atoms with van der Waals surface area (Å²) in [4.78, 5) is 28.7. The maximum atomic E-state index is 13.8. The highest BCUT2D eigenvalue weighted by Gasteiger charge is 2.48. The fourth-order valence-electron chi connectivity index (χ4n) is 4.48. The lowest BCUT2D eigenvalue weighted by molar-refractivity contribution is -0.147. The Balaban J connectivity index is 1.57. The van der Waals surface area contributed by atoms with Gasteiger partial charge >= 0.3 is 0 Å². The average molecular weight is 437 g/mol. The lowest BCUT2D eigenvalue weighted by Gasteiger charge is -2.52. The van der Waals surface area contributed by atoms with Crippen molar-refractivity contribution in [2.45, 2.75) is 44.5 Å². The van der Waals surface area contributed by atoms with Gasteiger partial charge in [-0.05, 0) is 13.3 Å². The molecular weight excluding hydrogens is 415 g/mol. The van der Waals surface area contributed by atoms with E-state index in [4.69, 9.17) is 4.74 Å². The molecule has 0 spiro atoms. The van der Waals surface area contributed by atoms with E-state index in [-0.39, 0.29) is 47.5 Å². The lowest BCUT2D eigenvalue weighted by Crippen LogP contribution is -2.65. The number of likely N-dealkylation sites (N-methyl/N-ethyl adjacent to an activating group) is 1. The molecule has 0 bridgehead atoms. The van der Waals surface area contributed by atoms with Crippen LogP contribution < -0.4 is 5.32 Å². The van der Waals surface area contributed by atoms with Crippen molar-refractivity contribution in [3.63, 3.8) is 0 Å². The SMILES string of the molecule is C[C@@H]1OCCC2C1N(C)C(=O)C1=C(O)CC(C(=O)NCc3c(F)cc(F)cc3F)=CN12. The summed E-state index contributed by atoms with van der Waals surface area (Å²) in [7, 11) is 1.65. The third kappa shape index (κ3) is 3.65. The summed E-state index contributed by atoms with van der Waals surface area (Å²) in [5.74, 6) is -4.55. The van der Waals surface area contributed by atoms with Gasteiger partial charge in [-0.3, -0.25) is 9.59 Å². The number of piperazine rings is 1. The number of rotatable bonds is 3. The van der Waals surface area contributed by atoms with E-state index in [2.05, 4.69) is 5.32 Å².